The molecule has 0 unspecified atom stereocenters. The molecule has 0 saturated heterocycles. The van der Waals surface area contributed by atoms with Crippen molar-refractivity contribution in [2.45, 2.75) is 11.2 Å². The lowest BCUT2D eigenvalue weighted by atomic mass is 10.4. The van der Waals surface area contributed by atoms with Crippen LogP contribution in [0, 0.1) is 0 Å². The predicted octanol–water partition coefficient (Wildman–Crippen LogP) is 1.88. The van der Waals surface area contributed by atoms with E-state index in [4.69, 9.17) is 11.6 Å². The van der Waals surface area contributed by atoms with Gasteiger partial charge in [-0.3, -0.25) is 0 Å². The van der Waals surface area contributed by atoms with E-state index in [0.29, 0.717) is 4.90 Å². The van der Waals surface area contributed by atoms with E-state index in [9.17, 15) is 14.1 Å². The minimum Gasteiger partial charge on any atom is -0.426 e. The Bertz CT molecular complexity index is 526. The maximum atomic E-state index is 12.1. The molecule has 2 atom stereocenters. The first kappa shape index (κ1) is 12.8. The number of esters is 1. The number of benzene rings is 1. The van der Waals surface area contributed by atoms with Crippen molar-refractivity contribution < 1.29 is 18.8 Å². The Morgan fingerprint density at radius 3 is 2.41 bits per heavy atom. The van der Waals surface area contributed by atoms with E-state index in [0.717, 1.165) is 4.47 Å². The minimum absolute atomic E-state index is 0.112. The molecular formula is C10H6BrClO4S. The van der Waals surface area contributed by atoms with Crippen LogP contribution in [-0.2, 0) is 20.3 Å². The van der Waals surface area contributed by atoms with Crippen molar-refractivity contribution >= 4 is 44.3 Å². The van der Waals surface area contributed by atoms with Crippen LogP contribution in [0.5, 0.6) is 0 Å². The second kappa shape index (κ2) is 4.89. The van der Waals surface area contributed by atoms with Crippen LogP contribution in [0.4, 0.5) is 0 Å². The van der Waals surface area contributed by atoms with Gasteiger partial charge in [0.05, 0.1) is 10.8 Å². The molecule has 0 bridgehead atoms. The molecule has 7 heteroatoms. The van der Waals surface area contributed by atoms with Gasteiger partial charge in [-0.25, -0.2) is 9.00 Å². The number of hydrogen-bond acceptors (Lipinski definition) is 4. The largest absolute Gasteiger partial charge is 0.426 e. The lowest BCUT2D eigenvalue weighted by molar-refractivity contribution is -0.150. The van der Waals surface area contributed by atoms with Crippen LogP contribution in [0.3, 0.4) is 0 Å². The quantitative estimate of drug-likeness (QED) is 0.837. The standard InChI is InChI=1S/C10H6BrClO4S/c11-5-1-3-6(4-2-5)17(15)8-7(12)9(13)16-10(8)14/h1-4,10,14H/t10-,17+/m1/s1. The van der Waals surface area contributed by atoms with Crippen LogP contribution in [0.25, 0.3) is 0 Å². The van der Waals surface area contributed by atoms with E-state index in [2.05, 4.69) is 20.7 Å². The van der Waals surface area contributed by atoms with Crippen molar-refractivity contribution in [1.82, 2.24) is 0 Å². The van der Waals surface area contributed by atoms with Crippen LogP contribution in [0.2, 0.25) is 0 Å². The first-order valence-electron chi connectivity index (χ1n) is 4.47. The van der Waals surface area contributed by atoms with Gasteiger partial charge >= 0.3 is 5.97 Å². The van der Waals surface area contributed by atoms with Crippen molar-refractivity contribution in [2.75, 3.05) is 0 Å². The van der Waals surface area contributed by atoms with Gasteiger partial charge in [0.25, 0.3) is 0 Å². The van der Waals surface area contributed by atoms with Gasteiger partial charge < -0.3 is 9.84 Å². The van der Waals surface area contributed by atoms with Gasteiger partial charge in [-0.15, -0.1) is 0 Å². The maximum absolute atomic E-state index is 12.1. The summed E-state index contributed by atoms with van der Waals surface area (Å²) in [4.78, 5) is 11.4. The molecule has 0 aliphatic carbocycles. The molecule has 1 aliphatic heterocycles. The molecule has 0 amide bonds. The third-order valence-corrected chi connectivity index (χ3v) is 4.57. The fraction of sp³-hybridized carbons (Fsp3) is 0.100. The average Bonchev–Trinajstić information content (AvgIpc) is 2.53. The zero-order valence-corrected chi connectivity index (χ0v) is 11.4. The Morgan fingerprint density at radius 1 is 1.35 bits per heavy atom. The van der Waals surface area contributed by atoms with Crippen LogP contribution < -0.4 is 0 Å². The lowest BCUT2D eigenvalue weighted by Gasteiger charge is -2.07. The Hall–Kier alpha value is -0.690. The molecule has 2 rings (SSSR count). The summed E-state index contributed by atoms with van der Waals surface area (Å²) in [5, 5.41) is 9.11. The number of halogens is 2. The molecule has 17 heavy (non-hydrogen) atoms. The molecular weight excluding hydrogens is 332 g/mol. The summed E-state index contributed by atoms with van der Waals surface area (Å²) in [6, 6.07) is 6.61. The minimum atomic E-state index is -1.72. The number of ether oxygens (including phenoxy) is 1. The monoisotopic (exact) mass is 336 g/mol. The molecule has 1 N–H and O–H groups in total. The van der Waals surface area contributed by atoms with Gasteiger partial charge in [0.15, 0.2) is 0 Å². The third-order valence-electron chi connectivity index (χ3n) is 2.07. The van der Waals surface area contributed by atoms with Gasteiger partial charge in [-0.05, 0) is 24.3 Å². The molecule has 1 aliphatic rings. The van der Waals surface area contributed by atoms with E-state index >= 15 is 0 Å². The number of hydrogen-bond donors (Lipinski definition) is 1. The molecule has 4 nitrogen and oxygen atoms in total. The number of cyclic esters (lactones) is 1. The summed E-state index contributed by atoms with van der Waals surface area (Å²) < 4.78 is 17.4. The van der Waals surface area contributed by atoms with Gasteiger partial charge in [0.2, 0.25) is 6.29 Å². The molecule has 0 aromatic heterocycles. The van der Waals surface area contributed by atoms with Crippen molar-refractivity contribution in [1.29, 1.82) is 0 Å². The molecule has 0 radical (unpaired) electrons. The molecule has 1 aromatic rings. The van der Waals surface area contributed by atoms with E-state index in [1.807, 2.05) is 0 Å². The van der Waals surface area contributed by atoms with Crippen LogP contribution in [0.1, 0.15) is 0 Å². The van der Waals surface area contributed by atoms with Gasteiger partial charge in [0.1, 0.15) is 9.94 Å². The lowest BCUT2D eigenvalue weighted by Crippen LogP contribution is -2.13. The highest BCUT2D eigenvalue weighted by atomic mass is 79.9. The highest BCUT2D eigenvalue weighted by Crippen LogP contribution is 2.30. The van der Waals surface area contributed by atoms with E-state index < -0.39 is 23.1 Å². The number of carbonyl (C=O) groups excluding carboxylic acids is 1. The first-order valence-corrected chi connectivity index (χ1v) is 6.79. The van der Waals surface area contributed by atoms with Crippen molar-refractivity contribution in [2.24, 2.45) is 0 Å². The highest BCUT2D eigenvalue weighted by Gasteiger charge is 2.36. The number of aliphatic hydroxyl groups excluding tert-OH is 1. The molecule has 1 heterocycles. The number of aliphatic hydroxyl groups is 1. The zero-order chi connectivity index (χ0) is 12.6. The topological polar surface area (TPSA) is 63.6 Å². The summed E-state index contributed by atoms with van der Waals surface area (Å²) >= 11 is 8.89. The maximum Gasteiger partial charge on any atom is 0.353 e. The Kier molecular flexibility index (Phi) is 3.67. The molecule has 0 spiro atoms. The van der Waals surface area contributed by atoms with Gasteiger partial charge in [-0.1, -0.05) is 27.5 Å². The van der Waals surface area contributed by atoms with Crippen LogP contribution >= 0.6 is 27.5 Å². The van der Waals surface area contributed by atoms with Crippen LogP contribution in [-0.4, -0.2) is 21.6 Å². The number of rotatable bonds is 2. The summed E-state index contributed by atoms with van der Waals surface area (Å²) in [6.45, 7) is 0. The Morgan fingerprint density at radius 2 is 1.94 bits per heavy atom. The average molecular weight is 338 g/mol. The summed E-state index contributed by atoms with van der Waals surface area (Å²) in [6.07, 6.45) is -1.54. The Balaban J connectivity index is 2.38. The number of carbonyl (C=O) groups is 1. The van der Waals surface area contributed by atoms with Crippen molar-refractivity contribution in [3.63, 3.8) is 0 Å². The fourth-order valence-corrected chi connectivity index (χ4v) is 3.00. The van der Waals surface area contributed by atoms with E-state index in [1.165, 1.54) is 0 Å². The predicted molar refractivity (Wildman–Crippen MR) is 65.5 cm³/mol. The van der Waals surface area contributed by atoms with Crippen LogP contribution in [0.15, 0.2) is 43.6 Å². The molecule has 0 fully saturated rings. The zero-order valence-electron chi connectivity index (χ0n) is 8.22. The van der Waals surface area contributed by atoms with E-state index in [1.54, 1.807) is 24.3 Å². The van der Waals surface area contributed by atoms with Gasteiger partial charge in [0, 0.05) is 9.37 Å². The fourth-order valence-electron chi connectivity index (χ4n) is 1.27. The highest BCUT2D eigenvalue weighted by molar-refractivity contribution is 9.10. The second-order valence-electron chi connectivity index (χ2n) is 3.16. The first-order chi connectivity index (χ1) is 8.00. The molecule has 0 saturated carbocycles. The normalized spacial score (nSPS) is 21.6. The molecule has 1 aromatic carbocycles. The van der Waals surface area contributed by atoms with Crippen molar-refractivity contribution in [3.8, 4) is 0 Å². The third kappa shape index (κ3) is 2.44. The van der Waals surface area contributed by atoms with Crippen molar-refractivity contribution in [3.05, 3.63) is 38.7 Å². The smallest absolute Gasteiger partial charge is 0.353 e. The SMILES string of the molecule is O=C1O[C@@H](O)C([S@@](=O)c2ccc(Br)cc2)=C1Cl. The van der Waals surface area contributed by atoms with Gasteiger partial charge in [-0.2, -0.15) is 0 Å². The Labute approximate surface area is 113 Å². The summed E-state index contributed by atoms with van der Waals surface area (Å²) in [5.74, 6) is -0.861. The summed E-state index contributed by atoms with van der Waals surface area (Å²) in [5.41, 5.74) is 0. The molecule has 90 valence electrons. The van der Waals surface area contributed by atoms with E-state index in [-0.39, 0.29) is 9.94 Å². The second-order valence-corrected chi connectivity index (χ2v) is 5.90. The summed E-state index contributed by atoms with van der Waals surface area (Å²) in [7, 11) is -1.72.